The molecule has 7 heteroatoms. The van der Waals surface area contributed by atoms with E-state index in [2.05, 4.69) is 59.6 Å². The van der Waals surface area contributed by atoms with Crippen molar-refractivity contribution in [2.75, 3.05) is 39.6 Å². The Hall–Kier alpha value is 0.730. The third kappa shape index (κ3) is 9.07. The van der Waals surface area contributed by atoms with Gasteiger partial charge in [0.15, 0.2) is 0 Å². The van der Waals surface area contributed by atoms with Crippen LogP contribution in [0.25, 0.3) is 0 Å². The number of thioether (sulfide) groups is 1. The van der Waals surface area contributed by atoms with Gasteiger partial charge in [-0.1, -0.05) is 93.9 Å². The topological polar surface area (TPSA) is 36.9 Å². The van der Waals surface area contributed by atoms with E-state index in [-0.39, 0.29) is 15.7 Å². The molecule has 0 amide bonds. The number of fused-ring (bicyclic) bond motifs is 1. The van der Waals surface area contributed by atoms with E-state index in [0.717, 1.165) is 35.6 Å². The minimum Gasteiger partial charge on any atom is -0.492 e. The molecule has 0 saturated carbocycles. The molecule has 0 bridgehead atoms. The van der Waals surface area contributed by atoms with Gasteiger partial charge in [-0.2, -0.15) is 0 Å². The van der Waals surface area contributed by atoms with Crippen molar-refractivity contribution in [1.82, 2.24) is 0 Å². The number of hydrogen-bond acceptors (Lipinski definition) is 5. The Morgan fingerprint density at radius 1 is 0.969 bits per heavy atom. The third-order valence-electron chi connectivity index (χ3n) is 6.62. The molecule has 2 rings (SSSR count). The maximum absolute atomic E-state index is 6.38. The number of halogens is 2. The molecule has 188 valence electrons. The molecule has 0 radical (unpaired) electrons. The zero-order chi connectivity index (χ0) is 23.4. The highest BCUT2D eigenvalue weighted by Crippen LogP contribution is 2.48. The van der Waals surface area contributed by atoms with Gasteiger partial charge in [0.25, 0.3) is 0 Å². The van der Waals surface area contributed by atoms with Gasteiger partial charge in [-0.05, 0) is 40.6 Å². The summed E-state index contributed by atoms with van der Waals surface area (Å²) in [6.45, 7) is 13.0. The van der Waals surface area contributed by atoms with Crippen LogP contribution in [0.2, 0.25) is 0 Å². The van der Waals surface area contributed by atoms with Crippen molar-refractivity contribution in [3.63, 3.8) is 0 Å². The van der Waals surface area contributed by atoms with Crippen molar-refractivity contribution < 1.29 is 18.9 Å². The molecule has 0 aromatic carbocycles. The summed E-state index contributed by atoms with van der Waals surface area (Å²) in [5, 5.41) is 0. The average Bonchev–Trinajstić information content (AvgIpc) is 2.95. The lowest BCUT2D eigenvalue weighted by molar-refractivity contribution is -0.0894. The van der Waals surface area contributed by atoms with Crippen LogP contribution in [-0.2, 0) is 18.9 Å². The smallest absolute Gasteiger partial charge is 0.147 e. The Balaban J connectivity index is 1.99. The van der Waals surface area contributed by atoms with Crippen molar-refractivity contribution in [3.05, 3.63) is 9.57 Å². The van der Waals surface area contributed by atoms with Gasteiger partial charge < -0.3 is 18.9 Å². The number of rotatable bonds is 16. The predicted molar refractivity (Wildman–Crippen MR) is 143 cm³/mol. The molecule has 0 N–H and O–H groups in total. The molecule has 0 aromatic rings. The summed E-state index contributed by atoms with van der Waals surface area (Å²) in [7, 11) is 0. The van der Waals surface area contributed by atoms with Gasteiger partial charge in [-0.25, -0.2) is 0 Å². The summed E-state index contributed by atoms with van der Waals surface area (Å²) in [5.41, 5.74) is -0.284. The predicted octanol–water partition coefficient (Wildman–Crippen LogP) is 7.89. The number of alkyl halides is 1. The van der Waals surface area contributed by atoms with Crippen molar-refractivity contribution in [1.29, 1.82) is 0 Å². The summed E-state index contributed by atoms with van der Waals surface area (Å²) >= 11 is 9.07. The van der Waals surface area contributed by atoms with E-state index in [1.807, 2.05) is 0 Å². The first kappa shape index (κ1) is 29.0. The Labute approximate surface area is 217 Å². The van der Waals surface area contributed by atoms with Crippen LogP contribution in [0, 0.1) is 17.3 Å². The molecular formula is C25H44Br2O4S. The number of unbranched alkanes of at least 4 members (excludes halogenated alkanes) is 2. The second-order valence-electron chi connectivity index (χ2n) is 9.49. The molecule has 0 aliphatic carbocycles. The quantitative estimate of drug-likeness (QED) is 0.169. The Bertz CT molecular complexity index is 538. The van der Waals surface area contributed by atoms with Gasteiger partial charge in [0.05, 0.1) is 33.2 Å². The molecule has 4 nitrogen and oxygen atoms in total. The first-order chi connectivity index (χ1) is 15.5. The molecule has 2 heterocycles. The van der Waals surface area contributed by atoms with Crippen molar-refractivity contribution in [2.24, 2.45) is 17.3 Å². The van der Waals surface area contributed by atoms with Crippen molar-refractivity contribution >= 4 is 43.6 Å². The summed E-state index contributed by atoms with van der Waals surface area (Å²) in [5.74, 6) is 2.15. The fourth-order valence-corrected chi connectivity index (χ4v) is 7.63. The Morgan fingerprint density at radius 3 is 2.03 bits per heavy atom. The first-order valence-corrected chi connectivity index (χ1v) is 15.2. The van der Waals surface area contributed by atoms with E-state index in [9.17, 15) is 0 Å². The summed E-state index contributed by atoms with van der Waals surface area (Å²) in [6.07, 6.45) is 9.75. The van der Waals surface area contributed by atoms with Crippen molar-refractivity contribution in [2.45, 2.75) is 89.3 Å². The minimum atomic E-state index is -0.284. The maximum Gasteiger partial charge on any atom is 0.147 e. The van der Waals surface area contributed by atoms with Crippen LogP contribution < -0.4 is 0 Å². The normalized spacial score (nSPS) is 27.7. The second-order valence-corrected chi connectivity index (χ2v) is 13.6. The van der Waals surface area contributed by atoms with Gasteiger partial charge in [-0.3, -0.25) is 0 Å². The Morgan fingerprint density at radius 2 is 1.53 bits per heavy atom. The highest BCUT2D eigenvalue weighted by atomic mass is 79.9. The van der Waals surface area contributed by atoms with Crippen LogP contribution in [0.4, 0.5) is 0 Å². The lowest BCUT2D eigenvalue weighted by Gasteiger charge is -2.32. The lowest BCUT2D eigenvalue weighted by atomic mass is 9.91. The molecule has 4 unspecified atom stereocenters. The first-order valence-electron chi connectivity index (χ1n) is 12.6. The van der Waals surface area contributed by atoms with Crippen molar-refractivity contribution in [3.8, 4) is 0 Å². The molecule has 2 aliphatic rings. The summed E-state index contributed by atoms with van der Waals surface area (Å²) in [4.78, 5) is 0. The zero-order valence-corrected chi connectivity index (χ0v) is 24.5. The van der Waals surface area contributed by atoms with Crippen LogP contribution in [-0.4, -0.2) is 49.9 Å². The maximum atomic E-state index is 6.38. The van der Waals surface area contributed by atoms with Crippen LogP contribution in [0.3, 0.4) is 0 Å². The molecule has 0 aromatic heterocycles. The van der Waals surface area contributed by atoms with E-state index in [1.165, 1.54) is 38.5 Å². The monoisotopic (exact) mass is 598 g/mol. The van der Waals surface area contributed by atoms with E-state index >= 15 is 0 Å². The molecular weight excluding hydrogens is 556 g/mol. The average molecular weight is 600 g/mol. The summed E-state index contributed by atoms with van der Waals surface area (Å²) in [6, 6.07) is 0. The third-order valence-corrected chi connectivity index (χ3v) is 9.49. The molecule has 1 saturated heterocycles. The molecule has 4 atom stereocenters. The van der Waals surface area contributed by atoms with Gasteiger partial charge in [0.2, 0.25) is 0 Å². The van der Waals surface area contributed by atoms with Gasteiger partial charge in [0.1, 0.15) is 18.5 Å². The summed E-state index contributed by atoms with van der Waals surface area (Å²) < 4.78 is 26.5. The van der Waals surface area contributed by atoms with E-state index < -0.39 is 0 Å². The van der Waals surface area contributed by atoms with Gasteiger partial charge in [-0.15, -0.1) is 0 Å². The Kier molecular flexibility index (Phi) is 14.2. The van der Waals surface area contributed by atoms with E-state index in [1.54, 1.807) is 11.8 Å². The molecule has 2 aliphatic heterocycles. The highest BCUT2D eigenvalue weighted by molar-refractivity contribution is 9.15. The highest BCUT2D eigenvalue weighted by Gasteiger charge is 2.44. The second kappa shape index (κ2) is 15.7. The fourth-order valence-electron chi connectivity index (χ4n) is 4.17. The largest absolute Gasteiger partial charge is 0.492 e. The minimum absolute atomic E-state index is 0.0721. The van der Waals surface area contributed by atoms with E-state index in [4.69, 9.17) is 18.9 Å². The van der Waals surface area contributed by atoms with Crippen LogP contribution in [0.15, 0.2) is 9.57 Å². The standard InChI is InChI=1S/C25H44Br2O4S/c1-5-9-11-19(7-3)13-28-15-25(16-29-14-20(8-4)12-10-6-2)17-30-21-22(31-18-25)24(27)32-23(21)26/h19-21,23H,5-18H2,1-4H3. The van der Waals surface area contributed by atoms with E-state index in [0.29, 0.717) is 38.3 Å². The van der Waals surface area contributed by atoms with Gasteiger partial charge >= 0.3 is 0 Å². The number of ether oxygens (including phenoxy) is 4. The fraction of sp³-hybridized carbons (Fsp3) is 0.920. The van der Waals surface area contributed by atoms with Crippen LogP contribution in [0.1, 0.15) is 79.1 Å². The lowest BCUT2D eigenvalue weighted by Crippen LogP contribution is -2.41. The number of hydrogen-bond donors (Lipinski definition) is 0. The molecule has 32 heavy (non-hydrogen) atoms. The van der Waals surface area contributed by atoms with Crippen LogP contribution >= 0.6 is 43.6 Å². The molecule has 0 spiro atoms. The molecule has 1 fully saturated rings. The van der Waals surface area contributed by atoms with Crippen LogP contribution in [0.5, 0.6) is 0 Å². The van der Waals surface area contributed by atoms with Gasteiger partial charge in [0, 0.05) is 13.2 Å². The zero-order valence-electron chi connectivity index (χ0n) is 20.5. The SMILES string of the molecule is CCCCC(CC)COCC1(COCC(CC)CCCC)COC2=C(Br)SC(Br)C2OC1.